The molecule has 0 bridgehead atoms. The van der Waals surface area contributed by atoms with Crippen LogP contribution in [0, 0.1) is 6.92 Å². The monoisotopic (exact) mass is 342 g/mol. The van der Waals surface area contributed by atoms with Gasteiger partial charge < -0.3 is 15.3 Å². The summed E-state index contributed by atoms with van der Waals surface area (Å²) in [7, 11) is 0. The Morgan fingerprint density at radius 1 is 1.20 bits per heavy atom. The molecule has 1 aromatic carbocycles. The molecule has 0 unspecified atom stereocenters. The molecular weight excluding hydrogens is 320 g/mol. The van der Waals surface area contributed by atoms with Crippen LogP contribution in [0.2, 0.25) is 0 Å². The van der Waals surface area contributed by atoms with Crippen LogP contribution in [-0.2, 0) is 9.59 Å². The van der Waals surface area contributed by atoms with Crippen LogP contribution in [0.3, 0.4) is 0 Å². The number of rotatable bonds is 3. The number of carboxylic acids is 1. The summed E-state index contributed by atoms with van der Waals surface area (Å²) in [4.78, 5) is 38.4. The van der Waals surface area contributed by atoms with Crippen LogP contribution in [0.15, 0.2) is 36.4 Å². The van der Waals surface area contributed by atoms with E-state index in [1.165, 1.54) is 4.90 Å². The first-order chi connectivity index (χ1) is 12.0. The second kappa shape index (κ2) is 7.09. The van der Waals surface area contributed by atoms with Crippen molar-refractivity contribution in [2.45, 2.75) is 50.7 Å². The van der Waals surface area contributed by atoms with Crippen LogP contribution in [0.5, 0.6) is 0 Å². The van der Waals surface area contributed by atoms with Crippen LogP contribution in [-0.4, -0.2) is 45.9 Å². The molecule has 6 nitrogen and oxygen atoms in total. The van der Waals surface area contributed by atoms with Gasteiger partial charge in [-0.2, -0.15) is 0 Å². The Labute approximate surface area is 146 Å². The van der Waals surface area contributed by atoms with Crippen molar-refractivity contribution >= 4 is 17.8 Å². The summed E-state index contributed by atoms with van der Waals surface area (Å²) in [5, 5.41) is 12.2. The van der Waals surface area contributed by atoms with Crippen LogP contribution in [0.25, 0.3) is 0 Å². The number of carboxylic acid groups (broad SMARTS) is 1. The number of aryl methyl sites for hydroxylation is 1. The zero-order valence-corrected chi connectivity index (χ0v) is 14.1. The van der Waals surface area contributed by atoms with E-state index in [1.807, 2.05) is 25.1 Å². The number of fused-ring (bicyclic) bond motifs is 1. The van der Waals surface area contributed by atoms with Crippen molar-refractivity contribution in [2.75, 3.05) is 0 Å². The minimum atomic E-state index is -0.982. The van der Waals surface area contributed by atoms with Gasteiger partial charge in [-0.05, 0) is 44.7 Å². The second-order valence-corrected chi connectivity index (χ2v) is 6.67. The molecule has 0 spiro atoms. The van der Waals surface area contributed by atoms with Crippen molar-refractivity contribution in [2.24, 2.45) is 0 Å². The predicted octanol–water partition coefficient (Wildman–Crippen LogP) is 1.89. The van der Waals surface area contributed by atoms with E-state index in [0.29, 0.717) is 31.2 Å². The van der Waals surface area contributed by atoms with Gasteiger partial charge >= 0.3 is 5.97 Å². The molecule has 2 aliphatic rings. The predicted molar refractivity (Wildman–Crippen MR) is 92.1 cm³/mol. The fourth-order valence-electron chi connectivity index (χ4n) is 3.61. The van der Waals surface area contributed by atoms with E-state index in [1.54, 1.807) is 18.2 Å². The topological polar surface area (TPSA) is 86.7 Å². The minimum Gasteiger partial charge on any atom is -0.480 e. The second-order valence-electron chi connectivity index (χ2n) is 6.67. The van der Waals surface area contributed by atoms with Crippen LogP contribution >= 0.6 is 0 Å². The molecule has 132 valence electrons. The van der Waals surface area contributed by atoms with Crippen LogP contribution in [0.1, 0.15) is 41.6 Å². The Morgan fingerprint density at radius 3 is 2.68 bits per heavy atom. The van der Waals surface area contributed by atoms with Gasteiger partial charge in [0.05, 0.1) is 0 Å². The zero-order valence-electron chi connectivity index (χ0n) is 14.1. The maximum atomic E-state index is 12.9. The Bertz CT molecular complexity index is 728. The van der Waals surface area contributed by atoms with Gasteiger partial charge in [0.15, 0.2) is 0 Å². The number of carbonyl (C=O) groups excluding carboxylic acids is 2. The molecule has 25 heavy (non-hydrogen) atoms. The number of benzene rings is 1. The standard InChI is InChI=1S/C19H22N2O4/c1-12-5-4-6-13(11-12)17(22)20-15-8-3-2-7-14-9-10-16(19(24)25)21(14)18(15)23/h2-6,11,14-16H,7-10H2,1H3,(H,20,22)(H,24,25)/b3-2-/t14-,15+,16+/m1/s1. The molecule has 0 aromatic heterocycles. The van der Waals surface area contributed by atoms with Crippen LogP contribution < -0.4 is 5.32 Å². The minimum absolute atomic E-state index is 0.108. The average molecular weight is 342 g/mol. The molecule has 1 aromatic rings. The van der Waals surface area contributed by atoms with Crippen LogP contribution in [0.4, 0.5) is 0 Å². The summed E-state index contributed by atoms with van der Waals surface area (Å²) >= 11 is 0. The quantitative estimate of drug-likeness (QED) is 0.821. The molecule has 6 heteroatoms. The third kappa shape index (κ3) is 3.57. The van der Waals surface area contributed by atoms with E-state index in [0.717, 1.165) is 5.56 Å². The number of amides is 2. The molecule has 2 amide bonds. The Morgan fingerprint density at radius 2 is 1.96 bits per heavy atom. The number of aliphatic carboxylic acids is 1. The number of nitrogens with zero attached hydrogens (tertiary/aromatic N) is 1. The first-order valence-electron chi connectivity index (χ1n) is 8.55. The van der Waals surface area contributed by atoms with Crippen molar-refractivity contribution < 1.29 is 19.5 Å². The lowest BCUT2D eigenvalue weighted by Gasteiger charge is -2.32. The molecule has 2 heterocycles. The highest BCUT2D eigenvalue weighted by molar-refractivity contribution is 5.98. The third-order valence-electron chi connectivity index (χ3n) is 4.87. The molecular formula is C19H22N2O4. The summed E-state index contributed by atoms with van der Waals surface area (Å²) < 4.78 is 0. The summed E-state index contributed by atoms with van der Waals surface area (Å²) in [5.41, 5.74) is 1.45. The Balaban J connectivity index is 1.81. The molecule has 0 aliphatic carbocycles. The largest absolute Gasteiger partial charge is 0.480 e. The lowest BCUT2D eigenvalue weighted by atomic mass is 10.0. The van der Waals surface area contributed by atoms with Gasteiger partial charge in [0.25, 0.3) is 5.91 Å². The fourth-order valence-corrected chi connectivity index (χ4v) is 3.61. The maximum Gasteiger partial charge on any atom is 0.326 e. The molecule has 1 fully saturated rings. The van der Waals surface area contributed by atoms with Crippen molar-refractivity contribution in [3.05, 3.63) is 47.5 Å². The third-order valence-corrected chi connectivity index (χ3v) is 4.87. The van der Waals surface area contributed by atoms with Gasteiger partial charge in [-0.1, -0.05) is 29.8 Å². The SMILES string of the molecule is Cc1cccc(C(=O)N[C@H]2C/C=C\C[C@@H]3CC[C@@H](C(=O)O)N3C2=O)c1. The lowest BCUT2D eigenvalue weighted by Crippen LogP contribution is -2.54. The summed E-state index contributed by atoms with van der Waals surface area (Å²) in [6.07, 6.45) is 6.02. The van der Waals surface area contributed by atoms with Gasteiger partial charge in [-0.3, -0.25) is 9.59 Å². The molecule has 2 aliphatic heterocycles. The van der Waals surface area contributed by atoms with E-state index in [9.17, 15) is 19.5 Å². The molecule has 0 saturated carbocycles. The lowest BCUT2D eigenvalue weighted by molar-refractivity contribution is -0.150. The highest BCUT2D eigenvalue weighted by Gasteiger charge is 2.43. The van der Waals surface area contributed by atoms with Gasteiger partial charge in [0.2, 0.25) is 5.91 Å². The number of hydrogen-bond acceptors (Lipinski definition) is 3. The normalized spacial score (nSPS) is 27.2. The maximum absolute atomic E-state index is 12.9. The van der Waals surface area contributed by atoms with Gasteiger partial charge in [-0.15, -0.1) is 0 Å². The molecule has 3 rings (SSSR count). The molecule has 0 radical (unpaired) electrons. The number of carbonyl (C=O) groups is 3. The van der Waals surface area contributed by atoms with Crippen molar-refractivity contribution in [3.8, 4) is 0 Å². The van der Waals surface area contributed by atoms with Crippen molar-refractivity contribution in [3.63, 3.8) is 0 Å². The van der Waals surface area contributed by atoms with Crippen molar-refractivity contribution in [1.82, 2.24) is 10.2 Å². The molecule has 3 atom stereocenters. The molecule has 1 saturated heterocycles. The van der Waals surface area contributed by atoms with Gasteiger partial charge in [0.1, 0.15) is 12.1 Å². The average Bonchev–Trinajstić information content (AvgIpc) is 2.99. The zero-order chi connectivity index (χ0) is 18.0. The van der Waals surface area contributed by atoms with E-state index in [-0.39, 0.29) is 17.9 Å². The van der Waals surface area contributed by atoms with Gasteiger partial charge in [0, 0.05) is 11.6 Å². The van der Waals surface area contributed by atoms with E-state index in [4.69, 9.17) is 0 Å². The first kappa shape index (κ1) is 17.2. The Kier molecular flexibility index (Phi) is 4.88. The smallest absolute Gasteiger partial charge is 0.326 e. The molecule has 2 N–H and O–H groups in total. The van der Waals surface area contributed by atoms with E-state index < -0.39 is 18.1 Å². The fraction of sp³-hybridized carbons (Fsp3) is 0.421. The Hall–Kier alpha value is -2.63. The first-order valence-corrected chi connectivity index (χ1v) is 8.55. The number of hydrogen-bond donors (Lipinski definition) is 2. The van der Waals surface area contributed by atoms with Crippen molar-refractivity contribution in [1.29, 1.82) is 0 Å². The summed E-state index contributed by atoms with van der Waals surface area (Å²) in [5.74, 6) is -1.61. The van der Waals surface area contributed by atoms with Gasteiger partial charge in [-0.25, -0.2) is 4.79 Å². The number of nitrogens with one attached hydrogen (secondary N) is 1. The summed E-state index contributed by atoms with van der Waals surface area (Å²) in [6.45, 7) is 1.90. The summed E-state index contributed by atoms with van der Waals surface area (Å²) in [6, 6.07) is 5.49. The highest BCUT2D eigenvalue weighted by Crippen LogP contribution is 2.29. The highest BCUT2D eigenvalue weighted by atomic mass is 16.4. The van der Waals surface area contributed by atoms with E-state index >= 15 is 0 Å². The van der Waals surface area contributed by atoms with E-state index in [2.05, 4.69) is 5.32 Å².